The fourth-order valence-corrected chi connectivity index (χ4v) is 5.62. The summed E-state index contributed by atoms with van der Waals surface area (Å²) in [5.74, 6) is 3.08. The van der Waals surface area contributed by atoms with Crippen molar-refractivity contribution in [3.8, 4) is 0 Å². The Kier molecular flexibility index (Phi) is 8.00. The molecule has 156 valence electrons. The van der Waals surface area contributed by atoms with Crippen LogP contribution in [0.5, 0.6) is 0 Å². The van der Waals surface area contributed by atoms with E-state index < -0.39 is 0 Å². The third-order valence-corrected chi connectivity index (χ3v) is 7.39. The summed E-state index contributed by atoms with van der Waals surface area (Å²) in [6.45, 7) is 6.98. The molecule has 2 aliphatic rings. The van der Waals surface area contributed by atoms with Crippen LogP contribution in [0, 0.1) is 17.8 Å². The summed E-state index contributed by atoms with van der Waals surface area (Å²) in [5.41, 5.74) is 2.12. The van der Waals surface area contributed by atoms with E-state index in [9.17, 15) is 4.79 Å². The largest absolute Gasteiger partial charge is 0.459 e. The Hall–Kier alpha value is -1.31. The second-order valence-corrected chi connectivity index (χ2v) is 9.49. The van der Waals surface area contributed by atoms with Crippen LogP contribution in [0.15, 0.2) is 24.3 Å². The van der Waals surface area contributed by atoms with Crippen molar-refractivity contribution in [1.29, 1.82) is 0 Å². The first kappa shape index (κ1) is 21.4. The Morgan fingerprint density at radius 2 is 1.61 bits per heavy atom. The number of carbonyl (C=O) groups excluding carboxylic acids is 1. The van der Waals surface area contributed by atoms with Gasteiger partial charge in [-0.3, -0.25) is 0 Å². The van der Waals surface area contributed by atoms with Crippen molar-refractivity contribution in [3.63, 3.8) is 0 Å². The van der Waals surface area contributed by atoms with Gasteiger partial charge in [-0.1, -0.05) is 58.6 Å². The zero-order chi connectivity index (χ0) is 19.9. The number of hydrogen-bond acceptors (Lipinski definition) is 2. The molecule has 0 aliphatic heterocycles. The van der Waals surface area contributed by atoms with Crippen LogP contribution in [0.25, 0.3) is 0 Å². The van der Waals surface area contributed by atoms with E-state index in [2.05, 4.69) is 32.9 Å². The molecule has 3 unspecified atom stereocenters. The average Bonchev–Trinajstić information content (AvgIpc) is 2.71. The van der Waals surface area contributed by atoms with Gasteiger partial charge in [0.1, 0.15) is 6.10 Å². The van der Waals surface area contributed by atoms with Crippen LogP contribution in [0.1, 0.15) is 113 Å². The highest BCUT2D eigenvalue weighted by Crippen LogP contribution is 2.41. The van der Waals surface area contributed by atoms with Crippen molar-refractivity contribution in [1.82, 2.24) is 0 Å². The van der Waals surface area contributed by atoms with Crippen LogP contribution in [0.3, 0.4) is 0 Å². The third kappa shape index (κ3) is 5.61. The minimum absolute atomic E-state index is 0.120. The molecular formula is C26H40O2. The lowest BCUT2D eigenvalue weighted by molar-refractivity contribution is 0.0161. The molecule has 0 spiro atoms. The molecule has 3 rings (SSSR count). The standard InChI is InChI=1S/C26H40O2/c1-4-6-20-8-16-25(17-9-20)28-26(27)23-13-11-22(12-14-23)24-15-10-21(7-5-2)19(3)18-24/h11-14,19-21,24-25H,4-10,15-18H2,1-3H3. The predicted octanol–water partition coefficient (Wildman–Crippen LogP) is 7.52. The second-order valence-electron chi connectivity index (χ2n) is 9.49. The molecule has 2 saturated carbocycles. The summed E-state index contributed by atoms with van der Waals surface area (Å²) in [7, 11) is 0. The molecule has 0 aromatic heterocycles. The Balaban J connectivity index is 1.50. The van der Waals surface area contributed by atoms with Gasteiger partial charge < -0.3 is 4.74 Å². The van der Waals surface area contributed by atoms with Gasteiger partial charge in [0.05, 0.1) is 5.56 Å². The molecule has 1 aromatic rings. The van der Waals surface area contributed by atoms with Crippen molar-refractivity contribution in [2.45, 2.75) is 103 Å². The van der Waals surface area contributed by atoms with Crippen molar-refractivity contribution in [3.05, 3.63) is 35.4 Å². The molecule has 3 atom stereocenters. The number of ether oxygens (including phenoxy) is 1. The first-order chi connectivity index (χ1) is 13.6. The summed E-state index contributed by atoms with van der Waals surface area (Å²) in [5, 5.41) is 0. The molecule has 2 heteroatoms. The predicted molar refractivity (Wildman–Crippen MR) is 117 cm³/mol. The topological polar surface area (TPSA) is 26.3 Å². The maximum atomic E-state index is 12.6. The zero-order valence-corrected chi connectivity index (χ0v) is 18.3. The smallest absolute Gasteiger partial charge is 0.338 e. The van der Waals surface area contributed by atoms with Crippen molar-refractivity contribution in [2.75, 3.05) is 0 Å². The molecule has 0 radical (unpaired) electrons. The molecule has 0 heterocycles. The van der Waals surface area contributed by atoms with Crippen LogP contribution in [-0.4, -0.2) is 12.1 Å². The van der Waals surface area contributed by atoms with Crippen molar-refractivity contribution >= 4 is 5.97 Å². The van der Waals surface area contributed by atoms with Gasteiger partial charge in [0.25, 0.3) is 0 Å². The average molecular weight is 385 g/mol. The molecule has 0 amide bonds. The molecule has 28 heavy (non-hydrogen) atoms. The number of esters is 1. The summed E-state index contributed by atoms with van der Waals surface area (Å²) in [6, 6.07) is 8.32. The molecular weight excluding hydrogens is 344 g/mol. The quantitative estimate of drug-likeness (QED) is 0.454. The van der Waals surface area contributed by atoms with Gasteiger partial charge in [0.2, 0.25) is 0 Å². The molecule has 2 nitrogen and oxygen atoms in total. The fraction of sp³-hybridized carbons (Fsp3) is 0.731. The van der Waals surface area contributed by atoms with Gasteiger partial charge in [-0.25, -0.2) is 4.79 Å². The van der Waals surface area contributed by atoms with E-state index in [0.29, 0.717) is 11.5 Å². The Bertz CT molecular complexity index is 597. The molecule has 1 aromatic carbocycles. The lowest BCUT2D eigenvalue weighted by Gasteiger charge is -2.34. The van der Waals surface area contributed by atoms with Crippen LogP contribution >= 0.6 is 0 Å². The van der Waals surface area contributed by atoms with E-state index in [1.165, 1.54) is 63.4 Å². The number of rotatable bonds is 7. The van der Waals surface area contributed by atoms with E-state index in [1.54, 1.807) is 0 Å². The van der Waals surface area contributed by atoms with E-state index in [-0.39, 0.29) is 12.1 Å². The van der Waals surface area contributed by atoms with Gasteiger partial charge >= 0.3 is 5.97 Å². The molecule has 0 N–H and O–H groups in total. The Morgan fingerprint density at radius 1 is 0.929 bits per heavy atom. The first-order valence-electron chi connectivity index (χ1n) is 11.9. The monoisotopic (exact) mass is 384 g/mol. The highest BCUT2D eigenvalue weighted by molar-refractivity contribution is 5.89. The lowest BCUT2D eigenvalue weighted by atomic mass is 9.71. The van der Waals surface area contributed by atoms with E-state index >= 15 is 0 Å². The van der Waals surface area contributed by atoms with Gasteiger partial charge in [0.15, 0.2) is 0 Å². The highest BCUT2D eigenvalue weighted by atomic mass is 16.5. The lowest BCUT2D eigenvalue weighted by Crippen LogP contribution is -2.24. The summed E-state index contributed by atoms with van der Waals surface area (Å²) >= 11 is 0. The normalized spacial score (nSPS) is 30.8. The van der Waals surface area contributed by atoms with Gasteiger partial charge in [-0.15, -0.1) is 0 Å². The number of benzene rings is 1. The maximum Gasteiger partial charge on any atom is 0.338 e. The van der Waals surface area contributed by atoms with Gasteiger partial charge in [-0.05, 0) is 86.3 Å². The van der Waals surface area contributed by atoms with Crippen LogP contribution < -0.4 is 0 Å². The van der Waals surface area contributed by atoms with Crippen LogP contribution in [0.4, 0.5) is 0 Å². The summed E-state index contributed by atoms with van der Waals surface area (Å²) in [4.78, 5) is 12.6. The minimum Gasteiger partial charge on any atom is -0.459 e. The highest BCUT2D eigenvalue weighted by Gasteiger charge is 2.28. The molecule has 2 fully saturated rings. The Labute approximate surface area is 172 Å². The Morgan fingerprint density at radius 3 is 2.21 bits per heavy atom. The molecule has 0 saturated heterocycles. The molecule has 0 bridgehead atoms. The van der Waals surface area contributed by atoms with E-state index in [1.807, 2.05) is 12.1 Å². The minimum atomic E-state index is -0.134. The first-order valence-corrected chi connectivity index (χ1v) is 11.9. The van der Waals surface area contributed by atoms with Crippen LogP contribution in [0.2, 0.25) is 0 Å². The fourth-order valence-electron chi connectivity index (χ4n) is 5.62. The van der Waals surface area contributed by atoms with Gasteiger partial charge in [-0.2, -0.15) is 0 Å². The maximum absolute atomic E-state index is 12.6. The SMILES string of the molecule is CCCC1CCC(OC(=O)c2ccc(C3CCC(CCC)C(C)C3)cc2)CC1. The zero-order valence-electron chi connectivity index (χ0n) is 18.3. The molecule has 2 aliphatic carbocycles. The van der Waals surface area contributed by atoms with Crippen LogP contribution in [-0.2, 0) is 4.74 Å². The second kappa shape index (κ2) is 10.5. The number of hydrogen-bond donors (Lipinski definition) is 0. The van der Waals surface area contributed by atoms with E-state index in [4.69, 9.17) is 4.74 Å². The summed E-state index contributed by atoms with van der Waals surface area (Å²) < 4.78 is 5.81. The third-order valence-electron chi connectivity index (χ3n) is 7.39. The van der Waals surface area contributed by atoms with Gasteiger partial charge in [0, 0.05) is 0 Å². The van der Waals surface area contributed by atoms with E-state index in [0.717, 1.165) is 30.6 Å². The van der Waals surface area contributed by atoms with Crippen molar-refractivity contribution < 1.29 is 9.53 Å². The van der Waals surface area contributed by atoms with Crippen molar-refractivity contribution in [2.24, 2.45) is 17.8 Å². The number of carbonyl (C=O) groups is 1. The summed E-state index contributed by atoms with van der Waals surface area (Å²) in [6.07, 6.45) is 13.8.